The summed E-state index contributed by atoms with van der Waals surface area (Å²) in [5, 5.41) is 4.73. The lowest BCUT2D eigenvalue weighted by Gasteiger charge is -2.01. The van der Waals surface area contributed by atoms with Crippen molar-refractivity contribution in [2.75, 3.05) is 12.8 Å². The Hall–Kier alpha value is -2.43. The highest BCUT2D eigenvalue weighted by molar-refractivity contribution is 5.99. The third-order valence-electron chi connectivity index (χ3n) is 3.02. The maximum atomic E-state index is 5.86. The molecular weight excluding hydrogens is 230 g/mol. The van der Waals surface area contributed by atoms with Crippen molar-refractivity contribution >= 4 is 16.6 Å². The number of hydrogen-bond donors (Lipinski definition) is 2. The van der Waals surface area contributed by atoms with Crippen LogP contribution >= 0.6 is 0 Å². The van der Waals surface area contributed by atoms with Gasteiger partial charge in [0.2, 0.25) is 0 Å². The molecule has 92 valence electrons. The molecule has 0 fully saturated rings. The second-order valence-corrected chi connectivity index (χ2v) is 4.15. The molecule has 0 aliphatic rings. The Morgan fingerprint density at radius 2 is 2.22 bits per heavy atom. The van der Waals surface area contributed by atoms with Crippen molar-refractivity contribution in [2.24, 2.45) is 0 Å². The molecular formula is C13H13N3O2. The molecule has 0 saturated heterocycles. The smallest absolute Gasteiger partial charge is 0.192 e. The molecule has 3 rings (SSSR count). The average Bonchev–Trinajstić information content (AvgIpc) is 2.90. The van der Waals surface area contributed by atoms with Crippen LogP contribution in [0.2, 0.25) is 0 Å². The molecule has 2 heterocycles. The third kappa shape index (κ3) is 1.44. The zero-order valence-electron chi connectivity index (χ0n) is 10.2. The van der Waals surface area contributed by atoms with E-state index in [0.717, 1.165) is 27.9 Å². The maximum Gasteiger partial charge on any atom is 0.192 e. The van der Waals surface area contributed by atoms with E-state index in [1.165, 1.54) is 6.20 Å². The monoisotopic (exact) mass is 243 g/mol. The fourth-order valence-corrected chi connectivity index (χ4v) is 2.16. The second kappa shape index (κ2) is 3.80. The maximum absolute atomic E-state index is 5.86. The number of aromatic amines is 1. The number of nitrogens with one attached hydrogen (secondary N) is 1. The first-order chi connectivity index (χ1) is 8.70. The van der Waals surface area contributed by atoms with E-state index in [9.17, 15) is 0 Å². The van der Waals surface area contributed by atoms with Crippen LogP contribution in [0.25, 0.3) is 22.2 Å². The number of ether oxygens (including phenoxy) is 1. The zero-order valence-corrected chi connectivity index (χ0v) is 10.2. The molecule has 0 amide bonds. The van der Waals surface area contributed by atoms with Crippen LogP contribution < -0.4 is 10.5 Å². The van der Waals surface area contributed by atoms with Crippen molar-refractivity contribution in [1.82, 2.24) is 10.1 Å². The van der Waals surface area contributed by atoms with Crippen LogP contribution in [-0.4, -0.2) is 17.3 Å². The van der Waals surface area contributed by atoms with E-state index in [-0.39, 0.29) is 0 Å². The Morgan fingerprint density at radius 3 is 2.89 bits per heavy atom. The first-order valence-electron chi connectivity index (χ1n) is 5.57. The van der Waals surface area contributed by atoms with Crippen molar-refractivity contribution in [3.63, 3.8) is 0 Å². The first-order valence-corrected chi connectivity index (χ1v) is 5.57. The highest BCUT2D eigenvalue weighted by atomic mass is 16.5. The summed E-state index contributed by atoms with van der Waals surface area (Å²) >= 11 is 0. The minimum Gasteiger partial charge on any atom is -0.497 e. The Morgan fingerprint density at radius 1 is 1.39 bits per heavy atom. The summed E-state index contributed by atoms with van der Waals surface area (Å²) in [5.74, 6) is 1.38. The average molecular weight is 243 g/mol. The van der Waals surface area contributed by atoms with Gasteiger partial charge in [-0.1, -0.05) is 5.16 Å². The lowest BCUT2D eigenvalue weighted by molar-refractivity contribution is 0.415. The van der Waals surface area contributed by atoms with Gasteiger partial charge in [0.15, 0.2) is 5.76 Å². The molecule has 1 aromatic carbocycles. The summed E-state index contributed by atoms with van der Waals surface area (Å²) in [5.41, 5.74) is 9.32. The molecule has 18 heavy (non-hydrogen) atoms. The third-order valence-corrected chi connectivity index (χ3v) is 3.02. The van der Waals surface area contributed by atoms with E-state index in [4.69, 9.17) is 15.0 Å². The highest BCUT2D eigenvalue weighted by Gasteiger charge is 2.17. The number of H-pyrrole nitrogens is 1. The summed E-state index contributed by atoms with van der Waals surface area (Å²) in [6.45, 7) is 1.98. The molecule has 5 nitrogen and oxygen atoms in total. The van der Waals surface area contributed by atoms with E-state index in [0.29, 0.717) is 11.4 Å². The predicted octanol–water partition coefficient (Wildman–Crippen LogP) is 2.72. The van der Waals surface area contributed by atoms with E-state index in [2.05, 4.69) is 10.1 Å². The van der Waals surface area contributed by atoms with Crippen molar-refractivity contribution < 1.29 is 9.26 Å². The van der Waals surface area contributed by atoms with Crippen LogP contribution in [0.3, 0.4) is 0 Å². The number of fused-ring (bicyclic) bond motifs is 1. The number of rotatable bonds is 2. The molecule has 0 spiro atoms. The topological polar surface area (TPSA) is 77.1 Å². The Bertz CT molecular complexity index is 712. The Labute approximate surface area is 104 Å². The zero-order chi connectivity index (χ0) is 12.7. The van der Waals surface area contributed by atoms with E-state index >= 15 is 0 Å². The molecule has 0 bridgehead atoms. The molecule has 0 atom stereocenters. The summed E-state index contributed by atoms with van der Waals surface area (Å²) in [7, 11) is 1.64. The van der Waals surface area contributed by atoms with Gasteiger partial charge in [-0.25, -0.2) is 0 Å². The fraction of sp³-hybridized carbons (Fsp3) is 0.154. The van der Waals surface area contributed by atoms with Crippen molar-refractivity contribution in [3.8, 4) is 17.1 Å². The van der Waals surface area contributed by atoms with Crippen LogP contribution in [-0.2, 0) is 0 Å². The number of nitrogens with zero attached hydrogens (tertiary/aromatic N) is 1. The number of benzene rings is 1. The van der Waals surface area contributed by atoms with Crippen LogP contribution in [0.1, 0.15) is 5.69 Å². The lowest BCUT2D eigenvalue weighted by atomic mass is 10.1. The highest BCUT2D eigenvalue weighted by Crippen LogP contribution is 2.36. The van der Waals surface area contributed by atoms with Crippen molar-refractivity contribution in [3.05, 3.63) is 30.1 Å². The fourth-order valence-electron chi connectivity index (χ4n) is 2.16. The van der Waals surface area contributed by atoms with E-state index in [1.54, 1.807) is 7.11 Å². The lowest BCUT2D eigenvalue weighted by Crippen LogP contribution is -1.86. The number of aromatic nitrogens is 2. The van der Waals surface area contributed by atoms with Gasteiger partial charge in [-0.15, -0.1) is 0 Å². The first kappa shape index (κ1) is 10.7. The molecule has 0 aliphatic carbocycles. The Kier molecular flexibility index (Phi) is 2.26. The number of methoxy groups -OCH3 is 1. The molecule has 0 aliphatic heterocycles. The molecule has 0 radical (unpaired) electrons. The van der Waals surface area contributed by atoms with Gasteiger partial charge in [0.25, 0.3) is 0 Å². The molecule has 2 aromatic heterocycles. The van der Waals surface area contributed by atoms with Crippen LogP contribution in [0, 0.1) is 6.92 Å². The van der Waals surface area contributed by atoms with Gasteiger partial charge in [0.05, 0.1) is 18.9 Å². The Balaban J connectivity index is 2.34. The van der Waals surface area contributed by atoms with Gasteiger partial charge < -0.3 is 20.0 Å². The summed E-state index contributed by atoms with van der Waals surface area (Å²) in [6.07, 6.45) is 1.51. The van der Waals surface area contributed by atoms with Crippen molar-refractivity contribution in [2.45, 2.75) is 6.92 Å². The minimum atomic E-state index is 0.529. The molecule has 0 unspecified atom stereocenters. The standard InChI is InChI=1S/C13H13N3O2/c1-7-12(13-10(14)6-15-18-13)9-5-8(17-2)3-4-11(9)16-7/h3-6,16H,14H2,1-2H3. The van der Waals surface area contributed by atoms with Gasteiger partial charge in [0, 0.05) is 16.6 Å². The van der Waals surface area contributed by atoms with E-state index in [1.807, 2.05) is 25.1 Å². The summed E-state index contributed by atoms with van der Waals surface area (Å²) in [6, 6.07) is 5.83. The number of hydrogen-bond acceptors (Lipinski definition) is 4. The van der Waals surface area contributed by atoms with Crippen molar-refractivity contribution in [1.29, 1.82) is 0 Å². The minimum absolute atomic E-state index is 0.529. The summed E-state index contributed by atoms with van der Waals surface area (Å²) < 4.78 is 10.5. The second-order valence-electron chi connectivity index (χ2n) is 4.15. The molecule has 5 heteroatoms. The summed E-state index contributed by atoms with van der Waals surface area (Å²) in [4.78, 5) is 3.29. The SMILES string of the molecule is COc1ccc2[nH]c(C)c(-c3oncc3N)c2c1. The van der Waals surface area contributed by atoms with Gasteiger partial charge in [-0.2, -0.15) is 0 Å². The number of nitrogen functional groups attached to an aromatic ring is 1. The molecule has 0 saturated carbocycles. The van der Waals surface area contributed by atoms with Crippen LogP contribution in [0.15, 0.2) is 28.9 Å². The number of aryl methyl sites for hydroxylation is 1. The van der Waals surface area contributed by atoms with Crippen LogP contribution in [0.5, 0.6) is 5.75 Å². The number of nitrogens with two attached hydrogens (primary N) is 1. The predicted molar refractivity (Wildman–Crippen MR) is 69.5 cm³/mol. The van der Waals surface area contributed by atoms with Gasteiger partial charge in [0.1, 0.15) is 11.4 Å². The molecule has 3 N–H and O–H groups in total. The molecule has 3 aromatic rings. The van der Waals surface area contributed by atoms with Gasteiger partial charge in [-0.05, 0) is 25.1 Å². The number of anilines is 1. The van der Waals surface area contributed by atoms with Gasteiger partial charge in [-0.3, -0.25) is 0 Å². The largest absolute Gasteiger partial charge is 0.497 e. The van der Waals surface area contributed by atoms with Crippen LogP contribution in [0.4, 0.5) is 5.69 Å². The van der Waals surface area contributed by atoms with Gasteiger partial charge >= 0.3 is 0 Å². The normalized spacial score (nSPS) is 11.0. The quantitative estimate of drug-likeness (QED) is 0.725. The van der Waals surface area contributed by atoms with E-state index < -0.39 is 0 Å².